The molecule has 150 valence electrons. The molecule has 0 radical (unpaired) electrons. The molecule has 1 N–H and O–H groups in total. The van der Waals surface area contributed by atoms with E-state index in [9.17, 15) is 9.59 Å². The minimum absolute atomic E-state index is 0.00489. The lowest BCUT2D eigenvalue weighted by Gasteiger charge is -2.31. The van der Waals surface area contributed by atoms with E-state index in [2.05, 4.69) is 10.4 Å². The topological polar surface area (TPSA) is 67.2 Å². The summed E-state index contributed by atoms with van der Waals surface area (Å²) in [7, 11) is 0. The molecular formula is C21H21ClN4O2S. The van der Waals surface area contributed by atoms with Gasteiger partial charge < -0.3 is 10.2 Å². The first-order chi connectivity index (χ1) is 14.1. The number of amides is 2. The van der Waals surface area contributed by atoms with Gasteiger partial charge in [0.15, 0.2) is 0 Å². The van der Waals surface area contributed by atoms with Gasteiger partial charge in [-0.1, -0.05) is 29.8 Å². The van der Waals surface area contributed by atoms with Gasteiger partial charge in [-0.2, -0.15) is 5.10 Å². The maximum Gasteiger partial charge on any atom is 0.263 e. The highest BCUT2D eigenvalue weighted by Crippen LogP contribution is 2.22. The number of rotatable bonds is 5. The standard InChI is InChI=1S/C21H21ClN4O2S/c22-17-7-5-15(6-8-17)13-26-19(9-10-23-26)24-20(27)16-3-1-11-25(14-16)21(28)18-4-2-12-29-18/h2,4-10,12,16H,1,3,11,13-14H2,(H,24,27)/t16-/m1/s1. The van der Waals surface area contributed by atoms with E-state index in [4.69, 9.17) is 11.6 Å². The summed E-state index contributed by atoms with van der Waals surface area (Å²) < 4.78 is 1.75. The molecule has 2 aromatic heterocycles. The first-order valence-electron chi connectivity index (χ1n) is 9.50. The maximum atomic E-state index is 12.9. The van der Waals surface area contributed by atoms with Gasteiger partial charge in [-0.05, 0) is 42.0 Å². The molecule has 1 aliphatic heterocycles. The number of anilines is 1. The molecule has 0 saturated carbocycles. The van der Waals surface area contributed by atoms with E-state index in [1.165, 1.54) is 11.3 Å². The Morgan fingerprint density at radius 1 is 1.21 bits per heavy atom. The molecule has 1 atom stereocenters. The van der Waals surface area contributed by atoms with E-state index in [1.807, 2.05) is 41.8 Å². The quantitative estimate of drug-likeness (QED) is 0.664. The van der Waals surface area contributed by atoms with Crippen LogP contribution in [-0.2, 0) is 11.3 Å². The summed E-state index contributed by atoms with van der Waals surface area (Å²) in [6.45, 7) is 1.66. The molecule has 0 aliphatic carbocycles. The number of likely N-dealkylation sites (tertiary alicyclic amines) is 1. The molecule has 1 aromatic carbocycles. The summed E-state index contributed by atoms with van der Waals surface area (Å²) in [5.74, 6) is 0.343. The summed E-state index contributed by atoms with van der Waals surface area (Å²) in [5.41, 5.74) is 1.04. The van der Waals surface area contributed by atoms with Crippen molar-refractivity contribution in [3.63, 3.8) is 0 Å². The molecule has 6 nitrogen and oxygen atoms in total. The third-order valence-electron chi connectivity index (χ3n) is 5.02. The monoisotopic (exact) mass is 428 g/mol. The number of nitrogens with one attached hydrogen (secondary N) is 1. The zero-order valence-corrected chi connectivity index (χ0v) is 17.3. The fraction of sp³-hybridized carbons (Fsp3) is 0.286. The van der Waals surface area contributed by atoms with Gasteiger partial charge in [0.2, 0.25) is 5.91 Å². The normalized spacial score (nSPS) is 16.6. The number of benzene rings is 1. The summed E-state index contributed by atoms with van der Waals surface area (Å²) in [6.07, 6.45) is 3.25. The highest BCUT2D eigenvalue weighted by Gasteiger charge is 2.29. The molecule has 8 heteroatoms. The van der Waals surface area contributed by atoms with Crippen LogP contribution in [0.25, 0.3) is 0 Å². The fourth-order valence-electron chi connectivity index (χ4n) is 3.49. The van der Waals surface area contributed by atoms with Crippen molar-refractivity contribution < 1.29 is 9.59 Å². The molecule has 29 heavy (non-hydrogen) atoms. The predicted octanol–water partition coefficient (Wildman–Crippen LogP) is 4.14. The summed E-state index contributed by atoms with van der Waals surface area (Å²) >= 11 is 7.37. The third kappa shape index (κ3) is 4.68. The van der Waals surface area contributed by atoms with Gasteiger partial charge in [0.1, 0.15) is 5.82 Å². The van der Waals surface area contributed by atoms with Gasteiger partial charge in [0.25, 0.3) is 5.91 Å². The van der Waals surface area contributed by atoms with Gasteiger partial charge >= 0.3 is 0 Å². The van der Waals surface area contributed by atoms with E-state index in [1.54, 1.807) is 21.8 Å². The summed E-state index contributed by atoms with van der Waals surface area (Å²) in [5, 5.41) is 9.88. The van der Waals surface area contributed by atoms with Crippen molar-refractivity contribution in [2.45, 2.75) is 19.4 Å². The van der Waals surface area contributed by atoms with E-state index in [0.717, 1.165) is 18.4 Å². The Labute approximate surface area is 178 Å². The Bertz CT molecular complexity index is 985. The summed E-state index contributed by atoms with van der Waals surface area (Å²) in [6, 6.07) is 13.0. The molecule has 3 heterocycles. The largest absolute Gasteiger partial charge is 0.337 e. The van der Waals surface area contributed by atoms with E-state index < -0.39 is 0 Å². The van der Waals surface area contributed by atoms with Gasteiger partial charge in [-0.25, -0.2) is 4.68 Å². The average Bonchev–Trinajstić information content (AvgIpc) is 3.42. The number of nitrogens with zero attached hydrogens (tertiary/aromatic N) is 3. The Kier molecular flexibility index (Phi) is 5.97. The first kappa shape index (κ1) is 19.7. The van der Waals surface area contributed by atoms with Crippen LogP contribution in [0, 0.1) is 5.92 Å². The number of halogens is 1. The van der Waals surface area contributed by atoms with Crippen molar-refractivity contribution in [2.75, 3.05) is 18.4 Å². The third-order valence-corrected chi connectivity index (χ3v) is 6.13. The lowest BCUT2D eigenvalue weighted by molar-refractivity contribution is -0.121. The van der Waals surface area contributed by atoms with Crippen LogP contribution in [-0.4, -0.2) is 39.6 Å². The summed E-state index contributed by atoms with van der Waals surface area (Å²) in [4.78, 5) is 28.0. The van der Waals surface area contributed by atoms with Crippen molar-refractivity contribution in [1.82, 2.24) is 14.7 Å². The zero-order valence-electron chi connectivity index (χ0n) is 15.8. The predicted molar refractivity (Wildman–Crippen MR) is 114 cm³/mol. The Balaban J connectivity index is 1.40. The van der Waals surface area contributed by atoms with Crippen LogP contribution in [0.5, 0.6) is 0 Å². The first-order valence-corrected chi connectivity index (χ1v) is 10.8. The highest BCUT2D eigenvalue weighted by molar-refractivity contribution is 7.12. The van der Waals surface area contributed by atoms with Crippen LogP contribution in [0.3, 0.4) is 0 Å². The second kappa shape index (κ2) is 8.80. The minimum atomic E-state index is -0.230. The lowest BCUT2D eigenvalue weighted by atomic mass is 9.97. The van der Waals surface area contributed by atoms with Crippen molar-refractivity contribution in [3.8, 4) is 0 Å². The SMILES string of the molecule is O=C(Nc1ccnn1Cc1ccc(Cl)cc1)[C@@H]1CCCN(C(=O)c2cccs2)C1. The van der Waals surface area contributed by atoms with Crippen LogP contribution in [0.4, 0.5) is 5.82 Å². The van der Waals surface area contributed by atoms with Crippen LogP contribution >= 0.6 is 22.9 Å². The zero-order chi connectivity index (χ0) is 20.2. The van der Waals surface area contributed by atoms with E-state index in [0.29, 0.717) is 35.4 Å². The number of hydrogen-bond donors (Lipinski definition) is 1. The molecule has 0 spiro atoms. The number of hydrogen-bond acceptors (Lipinski definition) is 4. The maximum absolute atomic E-state index is 12.9. The number of aromatic nitrogens is 2. The van der Waals surface area contributed by atoms with Crippen molar-refractivity contribution in [1.29, 1.82) is 0 Å². The van der Waals surface area contributed by atoms with Crippen LogP contribution < -0.4 is 5.32 Å². The Morgan fingerprint density at radius 3 is 2.79 bits per heavy atom. The number of carbonyl (C=O) groups excluding carboxylic acids is 2. The van der Waals surface area contributed by atoms with Gasteiger partial charge in [0, 0.05) is 24.2 Å². The highest BCUT2D eigenvalue weighted by atomic mass is 35.5. The van der Waals surface area contributed by atoms with Crippen LogP contribution in [0.2, 0.25) is 5.02 Å². The Morgan fingerprint density at radius 2 is 2.03 bits per heavy atom. The van der Waals surface area contributed by atoms with Gasteiger partial charge in [-0.15, -0.1) is 11.3 Å². The smallest absolute Gasteiger partial charge is 0.263 e. The number of piperidine rings is 1. The average molecular weight is 429 g/mol. The number of carbonyl (C=O) groups is 2. The molecule has 2 amide bonds. The molecule has 3 aromatic rings. The van der Waals surface area contributed by atoms with Crippen molar-refractivity contribution in [3.05, 3.63) is 69.5 Å². The molecule has 1 aliphatic rings. The van der Waals surface area contributed by atoms with Crippen molar-refractivity contribution in [2.24, 2.45) is 5.92 Å². The molecule has 1 saturated heterocycles. The molecule has 0 unspecified atom stereocenters. The van der Waals surface area contributed by atoms with Gasteiger partial charge in [-0.3, -0.25) is 9.59 Å². The minimum Gasteiger partial charge on any atom is -0.337 e. The molecule has 0 bridgehead atoms. The molecule has 4 rings (SSSR count). The van der Waals surface area contributed by atoms with E-state index in [-0.39, 0.29) is 17.7 Å². The van der Waals surface area contributed by atoms with E-state index >= 15 is 0 Å². The molecule has 1 fully saturated rings. The Hall–Kier alpha value is -2.64. The second-order valence-corrected chi connectivity index (χ2v) is 8.44. The van der Waals surface area contributed by atoms with Crippen LogP contribution in [0.15, 0.2) is 54.0 Å². The second-order valence-electron chi connectivity index (χ2n) is 7.06. The number of thiophene rings is 1. The van der Waals surface area contributed by atoms with Crippen molar-refractivity contribution >= 4 is 40.6 Å². The van der Waals surface area contributed by atoms with Crippen LogP contribution in [0.1, 0.15) is 28.1 Å². The molecular weight excluding hydrogens is 408 g/mol. The van der Waals surface area contributed by atoms with Gasteiger partial charge in [0.05, 0.1) is 23.5 Å². The lowest BCUT2D eigenvalue weighted by Crippen LogP contribution is -2.43. The fourth-order valence-corrected chi connectivity index (χ4v) is 4.30.